The van der Waals surface area contributed by atoms with Gasteiger partial charge in [0, 0.05) is 10.9 Å². The van der Waals surface area contributed by atoms with Crippen LogP contribution in [0.4, 0.5) is 0 Å². The number of benzene rings is 1. The Hall–Kier alpha value is -2.05. The summed E-state index contributed by atoms with van der Waals surface area (Å²) in [6.45, 7) is 5.77. The fraction of sp³-hybridized carbons (Fsp3) is 0.412. The molecule has 6 nitrogen and oxygen atoms in total. The summed E-state index contributed by atoms with van der Waals surface area (Å²) in [6, 6.07) is 7.52. The third-order valence-electron chi connectivity index (χ3n) is 3.78. The van der Waals surface area contributed by atoms with Crippen molar-refractivity contribution in [2.45, 2.75) is 26.8 Å². The first kappa shape index (κ1) is 20.0. The number of nitrogens with two attached hydrogens (primary N) is 1. The molecule has 2 rings (SSSR count). The van der Waals surface area contributed by atoms with E-state index in [0.29, 0.717) is 0 Å². The van der Waals surface area contributed by atoms with Crippen molar-refractivity contribution in [1.29, 1.82) is 0 Å². The molecule has 0 saturated carbocycles. The highest BCUT2D eigenvalue weighted by Crippen LogP contribution is 2.32. The molecule has 1 atom stereocenters. The van der Waals surface area contributed by atoms with Gasteiger partial charge in [-0.2, -0.15) is 0 Å². The number of hydrogen-bond donors (Lipinski definition) is 3. The maximum atomic E-state index is 12.1. The number of aryl methyl sites for hydroxylation is 1. The van der Waals surface area contributed by atoms with Crippen molar-refractivity contribution in [1.82, 2.24) is 10.6 Å². The molecule has 24 heavy (non-hydrogen) atoms. The zero-order valence-electron chi connectivity index (χ0n) is 14.1. The van der Waals surface area contributed by atoms with Crippen LogP contribution in [0.1, 0.15) is 31.2 Å². The molecule has 0 aliphatic heterocycles. The van der Waals surface area contributed by atoms with E-state index in [1.54, 1.807) is 0 Å². The fourth-order valence-electron chi connectivity index (χ4n) is 2.50. The highest BCUT2D eigenvalue weighted by atomic mass is 35.5. The van der Waals surface area contributed by atoms with Gasteiger partial charge < -0.3 is 20.8 Å². The summed E-state index contributed by atoms with van der Waals surface area (Å²) in [5.41, 5.74) is 7.02. The molecule has 4 N–H and O–H groups in total. The van der Waals surface area contributed by atoms with Crippen LogP contribution in [-0.4, -0.2) is 24.9 Å². The van der Waals surface area contributed by atoms with E-state index < -0.39 is 0 Å². The van der Waals surface area contributed by atoms with Gasteiger partial charge in [0.15, 0.2) is 0 Å². The van der Waals surface area contributed by atoms with Crippen LogP contribution in [0, 0.1) is 12.8 Å². The molecule has 7 heteroatoms. The summed E-state index contributed by atoms with van der Waals surface area (Å²) in [6.07, 6.45) is 0. The molecule has 1 aromatic heterocycles. The summed E-state index contributed by atoms with van der Waals surface area (Å²) in [4.78, 5) is 23.2. The monoisotopic (exact) mass is 353 g/mol. The lowest BCUT2D eigenvalue weighted by Gasteiger charge is -2.21. The smallest absolute Gasteiger partial charge is 0.239 e. The Bertz CT molecular complexity index is 712. The molecule has 1 heterocycles. The maximum Gasteiger partial charge on any atom is 0.239 e. The second-order valence-corrected chi connectivity index (χ2v) is 5.86. The Labute approximate surface area is 147 Å². The van der Waals surface area contributed by atoms with E-state index in [1.165, 1.54) is 0 Å². The molecule has 0 radical (unpaired) electrons. The fourth-order valence-corrected chi connectivity index (χ4v) is 2.50. The minimum atomic E-state index is -0.360. The lowest BCUT2D eigenvalue weighted by Crippen LogP contribution is -2.41. The molecule has 2 amide bonds. The van der Waals surface area contributed by atoms with E-state index in [2.05, 4.69) is 10.6 Å². The number of para-hydroxylation sites is 1. The van der Waals surface area contributed by atoms with Gasteiger partial charge in [-0.1, -0.05) is 32.0 Å². The summed E-state index contributed by atoms with van der Waals surface area (Å²) < 4.78 is 5.95. The molecule has 0 bridgehead atoms. The molecule has 0 aliphatic rings. The quantitative estimate of drug-likeness (QED) is 0.740. The first-order valence-corrected chi connectivity index (χ1v) is 7.68. The van der Waals surface area contributed by atoms with E-state index in [0.717, 1.165) is 22.3 Å². The van der Waals surface area contributed by atoms with Crippen LogP contribution in [-0.2, 0) is 9.59 Å². The van der Waals surface area contributed by atoms with Crippen molar-refractivity contribution in [3.8, 4) is 0 Å². The van der Waals surface area contributed by atoms with E-state index in [1.807, 2.05) is 45.0 Å². The molecule has 132 valence electrons. The number of nitrogens with one attached hydrogen (secondary N) is 2. The van der Waals surface area contributed by atoms with Crippen LogP contribution in [0.15, 0.2) is 28.7 Å². The molecule has 0 saturated heterocycles. The molecular formula is C17H24ClN3O3. The Balaban J connectivity index is 0.00000288. The second-order valence-electron chi connectivity index (χ2n) is 5.86. The van der Waals surface area contributed by atoms with Crippen molar-refractivity contribution in [2.75, 3.05) is 13.1 Å². The van der Waals surface area contributed by atoms with Crippen LogP contribution < -0.4 is 16.4 Å². The summed E-state index contributed by atoms with van der Waals surface area (Å²) >= 11 is 0. The Morgan fingerprint density at radius 2 is 1.88 bits per heavy atom. The van der Waals surface area contributed by atoms with Crippen LogP contribution in [0.25, 0.3) is 11.0 Å². The molecule has 1 aromatic carbocycles. The second kappa shape index (κ2) is 8.70. The zero-order valence-corrected chi connectivity index (χ0v) is 14.9. The van der Waals surface area contributed by atoms with Gasteiger partial charge in [0.1, 0.15) is 11.3 Å². The highest BCUT2D eigenvalue weighted by Gasteiger charge is 2.25. The Morgan fingerprint density at radius 3 is 2.46 bits per heavy atom. The lowest BCUT2D eigenvalue weighted by atomic mass is 9.98. The standard InChI is InChI=1S/C17H23N3O3.ClH/c1-10(2)16(20-15(22)9-19-14(21)8-18)17-11(3)12-6-4-5-7-13(12)23-17;/h4-7,10,16H,8-9,18H2,1-3H3,(H,19,21)(H,20,22);1H. The summed E-state index contributed by atoms with van der Waals surface area (Å²) in [5, 5.41) is 6.43. The molecule has 2 aromatic rings. The molecule has 0 aliphatic carbocycles. The van der Waals surface area contributed by atoms with E-state index in [-0.39, 0.29) is 49.3 Å². The number of fused-ring (bicyclic) bond motifs is 1. The normalized spacial score (nSPS) is 11.9. The number of furan rings is 1. The molecule has 0 spiro atoms. The van der Waals surface area contributed by atoms with E-state index in [9.17, 15) is 9.59 Å². The number of halogens is 1. The van der Waals surface area contributed by atoms with Gasteiger partial charge in [0.05, 0.1) is 19.1 Å². The first-order valence-electron chi connectivity index (χ1n) is 7.68. The number of hydrogen-bond acceptors (Lipinski definition) is 4. The average molecular weight is 354 g/mol. The number of carbonyl (C=O) groups is 2. The SMILES string of the molecule is Cc1c(C(NC(=O)CNC(=O)CN)C(C)C)oc2ccccc12.Cl. The topological polar surface area (TPSA) is 97.4 Å². The van der Waals surface area contributed by atoms with Crippen molar-refractivity contribution < 1.29 is 14.0 Å². The number of rotatable bonds is 6. The van der Waals surface area contributed by atoms with Gasteiger partial charge in [-0.05, 0) is 18.9 Å². The van der Waals surface area contributed by atoms with Crippen molar-refractivity contribution in [3.63, 3.8) is 0 Å². The van der Waals surface area contributed by atoms with Gasteiger partial charge in [0.25, 0.3) is 0 Å². The average Bonchev–Trinajstić information content (AvgIpc) is 2.87. The lowest BCUT2D eigenvalue weighted by molar-refractivity contribution is -0.126. The van der Waals surface area contributed by atoms with E-state index >= 15 is 0 Å². The largest absolute Gasteiger partial charge is 0.459 e. The predicted molar refractivity (Wildman–Crippen MR) is 96.0 cm³/mol. The van der Waals surface area contributed by atoms with Crippen molar-refractivity contribution in [2.24, 2.45) is 11.7 Å². The van der Waals surface area contributed by atoms with Crippen LogP contribution >= 0.6 is 12.4 Å². The van der Waals surface area contributed by atoms with Gasteiger partial charge in [-0.15, -0.1) is 12.4 Å². The van der Waals surface area contributed by atoms with Crippen molar-refractivity contribution >= 4 is 35.2 Å². The molecule has 0 fully saturated rings. The van der Waals surface area contributed by atoms with E-state index in [4.69, 9.17) is 10.2 Å². The minimum absolute atomic E-state index is 0. The maximum absolute atomic E-state index is 12.1. The Kier molecular flexibility index (Phi) is 7.25. The third kappa shape index (κ3) is 4.49. The van der Waals surface area contributed by atoms with Crippen molar-refractivity contribution in [3.05, 3.63) is 35.6 Å². The van der Waals surface area contributed by atoms with Gasteiger partial charge >= 0.3 is 0 Å². The zero-order chi connectivity index (χ0) is 17.0. The Morgan fingerprint density at radius 1 is 1.21 bits per heavy atom. The minimum Gasteiger partial charge on any atom is -0.459 e. The van der Waals surface area contributed by atoms with Gasteiger partial charge in [0.2, 0.25) is 11.8 Å². The number of carbonyl (C=O) groups excluding carboxylic acids is 2. The number of amides is 2. The van der Waals surface area contributed by atoms with Crippen LogP contribution in [0.2, 0.25) is 0 Å². The predicted octanol–water partition coefficient (Wildman–Crippen LogP) is 2.05. The summed E-state index contributed by atoms with van der Waals surface area (Å²) in [5.74, 6) is 0.259. The highest BCUT2D eigenvalue weighted by molar-refractivity contribution is 5.86. The molecular weight excluding hydrogens is 330 g/mol. The van der Waals surface area contributed by atoms with Gasteiger partial charge in [-0.3, -0.25) is 9.59 Å². The van der Waals surface area contributed by atoms with Crippen LogP contribution in [0.5, 0.6) is 0 Å². The first-order chi connectivity index (χ1) is 10.9. The van der Waals surface area contributed by atoms with Gasteiger partial charge in [-0.25, -0.2) is 0 Å². The third-order valence-corrected chi connectivity index (χ3v) is 3.78. The summed E-state index contributed by atoms with van der Waals surface area (Å²) in [7, 11) is 0. The molecule has 1 unspecified atom stereocenters. The van der Waals surface area contributed by atoms with Crippen LogP contribution in [0.3, 0.4) is 0 Å².